The van der Waals surface area contributed by atoms with Crippen LogP contribution < -0.4 is 4.74 Å². The number of ketones is 1. The zero-order chi connectivity index (χ0) is 23.0. The number of fused-ring (bicyclic) bond motifs is 1. The van der Waals surface area contributed by atoms with E-state index in [1.807, 2.05) is 0 Å². The van der Waals surface area contributed by atoms with Crippen LogP contribution in [0.25, 0.3) is 0 Å². The molecule has 0 N–H and O–H groups in total. The molecule has 0 bridgehead atoms. The molecule has 1 aromatic carbocycles. The van der Waals surface area contributed by atoms with Gasteiger partial charge in [0, 0.05) is 24.8 Å². The van der Waals surface area contributed by atoms with Crippen LogP contribution >= 0.6 is 11.6 Å². The lowest BCUT2D eigenvalue weighted by Gasteiger charge is -2.08. The summed E-state index contributed by atoms with van der Waals surface area (Å²) in [6, 6.07) is 5.07. The number of methoxy groups -OCH3 is 1. The Morgan fingerprint density at radius 2 is 2.06 bits per heavy atom. The van der Waals surface area contributed by atoms with E-state index < -0.39 is 11.7 Å². The Morgan fingerprint density at radius 3 is 2.78 bits per heavy atom. The average Bonchev–Trinajstić information content (AvgIpc) is 3.39. The van der Waals surface area contributed by atoms with Gasteiger partial charge >= 0.3 is 6.18 Å². The Labute approximate surface area is 185 Å². The number of hydrogen-bond acceptors (Lipinski definition) is 7. The number of carbonyl (C=O) groups is 1. The Bertz CT molecular complexity index is 1220. The van der Waals surface area contributed by atoms with Crippen LogP contribution in [0.4, 0.5) is 18.9 Å². The summed E-state index contributed by atoms with van der Waals surface area (Å²) in [5, 5.41) is 4.02. The molecule has 3 heterocycles. The molecule has 1 aliphatic rings. The number of benzene rings is 1. The highest BCUT2D eigenvalue weighted by Gasteiger charge is 2.32. The van der Waals surface area contributed by atoms with Crippen molar-refractivity contribution in [2.75, 3.05) is 7.11 Å². The molecule has 0 fully saturated rings. The minimum Gasteiger partial charge on any atom is -0.480 e. The molecule has 7 nitrogen and oxygen atoms in total. The number of nitrogens with zero attached hydrogens (tertiary/aromatic N) is 4. The molecule has 4 rings (SSSR count). The van der Waals surface area contributed by atoms with Gasteiger partial charge in [0.2, 0.25) is 5.88 Å². The summed E-state index contributed by atoms with van der Waals surface area (Å²) in [6.07, 6.45) is -2.99. The molecule has 3 aromatic rings. The number of halogens is 4. The topological polar surface area (TPSA) is 90.5 Å². The van der Waals surface area contributed by atoms with E-state index in [1.54, 1.807) is 13.0 Å². The first-order valence-corrected chi connectivity index (χ1v) is 9.87. The number of aromatic nitrogens is 3. The van der Waals surface area contributed by atoms with Crippen LogP contribution in [0.3, 0.4) is 0 Å². The van der Waals surface area contributed by atoms with Crippen LogP contribution in [0, 0.1) is 0 Å². The first-order valence-electron chi connectivity index (χ1n) is 9.49. The second-order valence-electron chi connectivity index (χ2n) is 7.26. The Hall–Kier alpha value is -3.27. The first-order chi connectivity index (χ1) is 15.2. The molecule has 0 aliphatic carbocycles. The molecule has 32 heavy (non-hydrogen) atoms. The molecular formula is C21H16ClF3N4O3. The highest BCUT2D eigenvalue weighted by Crippen LogP contribution is 2.36. The molecule has 0 radical (unpaired) electrons. The maximum Gasteiger partial charge on any atom is 0.416 e. The van der Waals surface area contributed by atoms with Crippen molar-refractivity contribution in [3.63, 3.8) is 0 Å². The predicted molar refractivity (Wildman–Crippen MR) is 109 cm³/mol. The lowest BCUT2D eigenvalue weighted by Crippen LogP contribution is -2.09. The van der Waals surface area contributed by atoms with Crippen molar-refractivity contribution in [2.45, 2.75) is 31.9 Å². The Kier molecular flexibility index (Phi) is 5.72. The lowest BCUT2D eigenvalue weighted by atomic mass is 9.99. The van der Waals surface area contributed by atoms with Crippen molar-refractivity contribution in [3.05, 3.63) is 63.9 Å². The third-order valence-electron chi connectivity index (χ3n) is 5.04. The summed E-state index contributed by atoms with van der Waals surface area (Å²) >= 11 is 6.11. The van der Waals surface area contributed by atoms with Gasteiger partial charge in [-0.1, -0.05) is 23.7 Å². The zero-order valence-corrected chi connectivity index (χ0v) is 17.7. The maximum absolute atomic E-state index is 12.9. The lowest BCUT2D eigenvalue weighted by molar-refractivity contribution is -0.137. The molecule has 166 valence electrons. The SMILES string of the molecule is COc1ncnc(C(=O)C[C@H](C)c2cc(C3=Nc4ccc(C(F)(F)F)cc4C3)no2)c1Cl. The fourth-order valence-corrected chi connectivity index (χ4v) is 3.63. The predicted octanol–water partition coefficient (Wildman–Crippen LogP) is 5.20. The van der Waals surface area contributed by atoms with E-state index in [-0.39, 0.29) is 41.1 Å². The molecule has 0 saturated heterocycles. The minimum absolute atomic E-state index is 0.0294. The van der Waals surface area contributed by atoms with Gasteiger partial charge in [0.25, 0.3) is 0 Å². The van der Waals surface area contributed by atoms with E-state index in [0.29, 0.717) is 28.4 Å². The summed E-state index contributed by atoms with van der Waals surface area (Å²) < 4.78 is 49.2. The number of rotatable bonds is 6. The van der Waals surface area contributed by atoms with Crippen molar-refractivity contribution in [1.29, 1.82) is 0 Å². The van der Waals surface area contributed by atoms with Crippen molar-refractivity contribution in [3.8, 4) is 5.88 Å². The molecule has 1 atom stereocenters. The number of ether oxygens (including phenoxy) is 1. The Morgan fingerprint density at radius 1 is 1.28 bits per heavy atom. The number of hydrogen-bond donors (Lipinski definition) is 0. The van der Waals surface area contributed by atoms with Gasteiger partial charge in [-0.25, -0.2) is 9.97 Å². The third-order valence-corrected chi connectivity index (χ3v) is 5.38. The highest BCUT2D eigenvalue weighted by molar-refractivity contribution is 6.34. The van der Waals surface area contributed by atoms with Gasteiger partial charge in [-0.15, -0.1) is 0 Å². The van der Waals surface area contributed by atoms with Gasteiger partial charge < -0.3 is 9.26 Å². The molecule has 0 spiro atoms. The van der Waals surface area contributed by atoms with E-state index in [4.69, 9.17) is 20.9 Å². The van der Waals surface area contributed by atoms with Gasteiger partial charge in [0.15, 0.2) is 5.78 Å². The number of carbonyl (C=O) groups excluding carboxylic acids is 1. The van der Waals surface area contributed by atoms with Crippen LogP contribution in [0.1, 0.15) is 52.3 Å². The highest BCUT2D eigenvalue weighted by atomic mass is 35.5. The van der Waals surface area contributed by atoms with E-state index in [9.17, 15) is 18.0 Å². The second-order valence-corrected chi connectivity index (χ2v) is 7.64. The zero-order valence-electron chi connectivity index (χ0n) is 16.9. The summed E-state index contributed by atoms with van der Waals surface area (Å²) in [7, 11) is 1.38. The molecule has 11 heteroatoms. The standard InChI is InChI=1S/C21H16ClF3N4O3/c1-10(5-16(30)19-18(22)20(31-2)27-9-26-19)17-8-15(29-32-17)14-7-11-6-12(21(23,24)25)3-4-13(11)28-14/h3-4,6,8-10H,5,7H2,1-2H3/t10-/m0/s1. The summed E-state index contributed by atoms with van der Waals surface area (Å²) in [6.45, 7) is 1.77. The average molecular weight is 465 g/mol. The monoisotopic (exact) mass is 464 g/mol. The second kappa shape index (κ2) is 8.34. The summed E-state index contributed by atoms with van der Waals surface area (Å²) in [4.78, 5) is 24.8. The van der Waals surface area contributed by atoms with Crippen LogP contribution in [0.15, 0.2) is 40.1 Å². The minimum atomic E-state index is -4.42. The Balaban J connectivity index is 1.48. The van der Waals surface area contributed by atoms with Gasteiger partial charge in [-0.2, -0.15) is 13.2 Å². The van der Waals surface area contributed by atoms with Crippen LogP contribution in [-0.2, 0) is 12.6 Å². The van der Waals surface area contributed by atoms with E-state index in [0.717, 1.165) is 12.1 Å². The molecule has 0 saturated carbocycles. The van der Waals surface area contributed by atoms with Gasteiger partial charge in [0.1, 0.15) is 28.5 Å². The van der Waals surface area contributed by atoms with Crippen LogP contribution in [-0.4, -0.2) is 33.7 Å². The fourth-order valence-electron chi connectivity index (χ4n) is 3.35. The molecule has 2 aromatic heterocycles. The largest absolute Gasteiger partial charge is 0.480 e. The summed E-state index contributed by atoms with van der Waals surface area (Å²) in [5.41, 5.74) is 1.16. The van der Waals surface area contributed by atoms with Gasteiger partial charge in [0.05, 0.1) is 24.1 Å². The molecule has 1 aliphatic heterocycles. The maximum atomic E-state index is 12.9. The quantitative estimate of drug-likeness (QED) is 0.466. The number of alkyl halides is 3. The van der Waals surface area contributed by atoms with Crippen molar-refractivity contribution in [1.82, 2.24) is 15.1 Å². The van der Waals surface area contributed by atoms with E-state index >= 15 is 0 Å². The van der Waals surface area contributed by atoms with Crippen molar-refractivity contribution < 1.29 is 27.2 Å². The van der Waals surface area contributed by atoms with Crippen LogP contribution in [0.2, 0.25) is 5.02 Å². The number of Topliss-reactive ketones (excluding diaryl/α,β-unsaturated/α-hetero) is 1. The first kappa shape index (κ1) is 21.9. The van der Waals surface area contributed by atoms with Gasteiger partial charge in [-0.05, 0) is 23.8 Å². The number of aliphatic imine (C=N–C) groups is 1. The van der Waals surface area contributed by atoms with Gasteiger partial charge in [-0.3, -0.25) is 9.79 Å². The van der Waals surface area contributed by atoms with Crippen molar-refractivity contribution >= 4 is 28.8 Å². The normalized spacial score (nSPS) is 14.1. The fraction of sp³-hybridized carbons (Fsp3) is 0.286. The third kappa shape index (κ3) is 4.22. The molecular weight excluding hydrogens is 449 g/mol. The van der Waals surface area contributed by atoms with Crippen LogP contribution in [0.5, 0.6) is 5.88 Å². The van der Waals surface area contributed by atoms with E-state index in [2.05, 4.69) is 20.1 Å². The smallest absolute Gasteiger partial charge is 0.416 e. The van der Waals surface area contributed by atoms with Crippen molar-refractivity contribution in [2.24, 2.45) is 4.99 Å². The van der Waals surface area contributed by atoms with E-state index in [1.165, 1.54) is 19.5 Å². The molecule has 0 amide bonds. The molecule has 0 unspecified atom stereocenters. The summed E-state index contributed by atoms with van der Waals surface area (Å²) in [5.74, 6) is -0.152.